The number of carbonyl (C=O) groups excluding carboxylic acids is 2. The predicted octanol–water partition coefficient (Wildman–Crippen LogP) is 2.76. The Morgan fingerprint density at radius 1 is 1.27 bits per heavy atom. The zero-order chi connectivity index (χ0) is 27.2. The van der Waals surface area contributed by atoms with E-state index in [1.54, 1.807) is 0 Å². The number of nitrogens with one attached hydrogen (secondary N) is 1. The number of hydrogen-bond acceptors (Lipinski definition) is 7. The van der Waals surface area contributed by atoms with Gasteiger partial charge in [-0.1, -0.05) is 18.2 Å². The molecule has 2 amide bonds. The van der Waals surface area contributed by atoms with E-state index in [2.05, 4.69) is 11.9 Å². The van der Waals surface area contributed by atoms with Crippen LogP contribution >= 0.6 is 11.6 Å². The highest BCUT2D eigenvalue weighted by molar-refractivity contribution is 7.92. The lowest BCUT2D eigenvalue weighted by Gasteiger charge is -2.26. The Kier molecular flexibility index (Phi) is 6.72. The minimum absolute atomic E-state index is 0.0816. The van der Waals surface area contributed by atoms with Crippen LogP contribution in [0.3, 0.4) is 0 Å². The maximum Gasteiger partial charge on any atom is 0.299 e. The van der Waals surface area contributed by atoms with Gasteiger partial charge in [0.1, 0.15) is 22.7 Å². The number of nitriles is 2. The normalized spacial score (nSPS) is 23.3. The lowest BCUT2D eigenvalue weighted by atomic mass is 10.1. The average molecular weight is 553 g/mol. The zero-order valence-corrected chi connectivity index (χ0v) is 21.1. The van der Waals surface area contributed by atoms with Crippen LogP contribution in [0, 0.1) is 28.1 Å². The van der Waals surface area contributed by atoms with Crippen LogP contribution in [-0.2, 0) is 19.4 Å². The second kappa shape index (κ2) is 9.26. The summed E-state index contributed by atoms with van der Waals surface area (Å²) in [5, 5.41) is 19.9. The van der Waals surface area contributed by atoms with Crippen molar-refractivity contribution in [2.24, 2.45) is 5.41 Å². The molecule has 1 aliphatic heterocycles. The topological polar surface area (TPSA) is 140 Å². The summed E-state index contributed by atoms with van der Waals surface area (Å²) in [7, 11) is -4.21. The number of nitrogens with zero attached hydrogens (tertiary/aromatic N) is 3. The van der Waals surface area contributed by atoms with Crippen LogP contribution in [0.5, 0.6) is 5.75 Å². The van der Waals surface area contributed by atoms with Crippen molar-refractivity contribution in [1.29, 1.82) is 10.5 Å². The van der Waals surface area contributed by atoms with Gasteiger partial charge >= 0.3 is 0 Å². The number of sulfone groups is 1. The Morgan fingerprint density at radius 3 is 2.46 bits per heavy atom. The van der Waals surface area contributed by atoms with Crippen LogP contribution in [0.4, 0.5) is 8.78 Å². The van der Waals surface area contributed by atoms with Crippen LogP contribution in [0.2, 0.25) is 5.02 Å². The molecule has 37 heavy (non-hydrogen) atoms. The van der Waals surface area contributed by atoms with Crippen molar-refractivity contribution in [3.05, 3.63) is 35.9 Å². The van der Waals surface area contributed by atoms with Crippen LogP contribution in [0.15, 0.2) is 35.7 Å². The van der Waals surface area contributed by atoms with Gasteiger partial charge in [-0.15, -0.1) is 0 Å². The van der Waals surface area contributed by atoms with Gasteiger partial charge < -0.3 is 15.0 Å². The maximum absolute atomic E-state index is 13.5. The van der Waals surface area contributed by atoms with Crippen LogP contribution < -0.4 is 10.1 Å². The van der Waals surface area contributed by atoms with E-state index in [1.165, 1.54) is 6.07 Å². The molecule has 1 N–H and O–H groups in total. The summed E-state index contributed by atoms with van der Waals surface area (Å²) in [6.07, 6.45) is 1.68. The molecule has 0 aromatic heterocycles. The summed E-state index contributed by atoms with van der Waals surface area (Å²) in [6, 6.07) is 6.19. The first-order valence-electron chi connectivity index (χ1n) is 11.5. The number of carbonyl (C=O) groups is 2. The quantitative estimate of drug-likeness (QED) is 0.464. The van der Waals surface area contributed by atoms with Crippen LogP contribution in [-0.4, -0.2) is 61.0 Å². The highest BCUT2D eigenvalue weighted by Gasteiger charge is 2.58. The number of ether oxygens (including phenoxy) is 1. The lowest BCUT2D eigenvalue weighted by molar-refractivity contribution is -0.141. The third-order valence-corrected chi connectivity index (χ3v) is 9.52. The van der Waals surface area contributed by atoms with Gasteiger partial charge in [-0.05, 0) is 50.3 Å². The number of likely N-dealkylation sites (tertiary alicyclic amines) is 1. The maximum atomic E-state index is 13.5. The molecule has 1 aromatic carbocycles. The van der Waals surface area contributed by atoms with E-state index < -0.39 is 56.4 Å². The summed E-state index contributed by atoms with van der Waals surface area (Å²) in [6.45, 7) is 1.66. The molecule has 2 aliphatic carbocycles. The van der Waals surface area contributed by atoms with Gasteiger partial charge in [0.25, 0.3) is 5.92 Å². The molecule has 196 valence electrons. The number of alkyl halides is 2. The van der Waals surface area contributed by atoms with Crippen molar-refractivity contribution in [2.45, 2.75) is 59.8 Å². The highest BCUT2D eigenvalue weighted by atomic mass is 35.5. The van der Waals surface area contributed by atoms with Gasteiger partial charge in [-0.25, -0.2) is 8.42 Å². The number of amides is 2. The molecule has 0 unspecified atom stereocenters. The standard InChI is InChI=1S/C24H23ClF2N4O5S/c1-2-24(26,27)14-36-15-3-4-19(17(25)9-15)37(34,35)16-10-18(20(32)30-23(13-29)7-8-23)31(11-16)21(33)22(12-28)5-6-22/h2-4,9,16,18H,1,5-8,10-11,14H2,(H,30,32)/t16-,18+/m1/s1. The lowest BCUT2D eigenvalue weighted by Crippen LogP contribution is -2.51. The molecule has 1 heterocycles. The molecule has 9 nitrogen and oxygen atoms in total. The summed E-state index contributed by atoms with van der Waals surface area (Å²) in [5.74, 6) is -4.65. The molecule has 3 fully saturated rings. The molecule has 3 aliphatic rings. The molecule has 1 saturated heterocycles. The Labute approximate surface area is 217 Å². The fraction of sp³-hybridized carbons (Fsp3) is 0.500. The van der Waals surface area contributed by atoms with E-state index in [4.69, 9.17) is 16.3 Å². The van der Waals surface area contributed by atoms with Gasteiger partial charge in [-0.2, -0.15) is 19.3 Å². The minimum atomic E-state index is -4.21. The third-order valence-electron chi connectivity index (χ3n) is 6.90. The summed E-state index contributed by atoms with van der Waals surface area (Å²) < 4.78 is 58.8. The Bertz CT molecular complexity index is 1350. The fourth-order valence-electron chi connectivity index (χ4n) is 4.20. The molecule has 2 atom stereocenters. The molecule has 2 saturated carbocycles. The largest absolute Gasteiger partial charge is 0.487 e. The Morgan fingerprint density at radius 2 is 1.95 bits per heavy atom. The first kappa shape index (κ1) is 26.8. The monoisotopic (exact) mass is 552 g/mol. The fourth-order valence-corrected chi connectivity index (χ4v) is 6.43. The van der Waals surface area contributed by atoms with Gasteiger partial charge in [0, 0.05) is 12.6 Å². The van der Waals surface area contributed by atoms with Crippen molar-refractivity contribution in [3.8, 4) is 17.9 Å². The second-order valence-corrected chi connectivity index (χ2v) is 12.2. The third kappa shape index (κ3) is 5.13. The summed E-state index contributed by atoms with van der Waals surface area (Å²) in [4.78, 5) is 27.0. The SMILES string of the molecule is C=CC(F)(F)COc1ccc(S(=O)(=O)[C@@H]2C[C@@H](C(=O)NC3(C#N)CC3)N(C(=O)C3(C#N)CC3)C2)c(Cl)c1. The van der Waals surface area contributed by atoms with Gasteiger partial charge in [-0.3, -0.25) is 9.59 Å². The van der Waals surface area contributed by atoms with Crippen molar-refractivity contribution >= 4 is 33.3 Å². The van der Waals surface area contributed by atoms with Gasteiger partial charge in [0.2, 0.25) is 11.8 Å². The highest BCUT2D eigenvalue weighted by Crippen LogP contribution is 2.48. The second-order valence-electron chi connectivity index (χ2n) is 9.60. The molecular weight excluding hydrogens is 530 g/mol. The Hall–Kier alpha value is -3.22. The van der Waals surface area contributed by atoms with E-state index in [-0.39, 0.29) is 28.6 Å². The number of rotatable bonds is 9. The van der Waals surface area contributed by atoms with Crippen molar-refractivity contribution < 1.29 is 31.5 Å². The molecular formula is C24H23ClF2N4O5S. The van der Waals surface area contributed by atoms with E-state index >= 15 is 0 Å². The minimum Gasteiger partial charge on any atom is -0.487 e. The number of benzene rings is 1. The van der Waals surface area contributed by atoms with Crippen molar-refractivity contribution in [2.75, 3.05) is 13.2 Å². The molecule has 13 heteroatoms. The zero-order valence-electron chi connectivity index (χ0n) is 19.5. The average Bonchev–Trinajstić information content (AvgIpc) is 3.78. The molecule has 4 rings (SSSR count). The van der Waals surface area contributed by atoms with E-state index in [0.717, 1.165) is 17.0 Å². The molecule has 1 aromatic rings. The predicted molar refractivity (Wildman–Crippen MR) is 126 cm³/mol. The van der Waals surface area contributed by atoms with Crippen LogP contribution in [0.1, 0.15) is 32.1 Å². The Balaban J connectivity index is 1.58. The smallest absolute Gasteiger partial charge is 0.299 e. The van der Waals surface area contributed by atoms with Crippen LogP contribution in [0.25, 0.3) is 0 Å². The number of halogens is 3. The molecule has 0 radical (unpaired) electrons. The van der Waals surface area contributed by atoms with Gasteiger partial charge in [0.15, 0.2) is 16.4 Å². The first-order valence-corrected chi connectivity index (χ1v) is 13.4. The van der Waals surface area contributed by atoms with Crippen molar-refractivity contribution in [1.82, 2.24) is 10.2 Å². The molecule has 0 spiro atoms. The summed E-state index contributed by atoms with van der Waals surface area (Å²) >= 11 is 6.19. The van der Waals surface area contributed by atoms with E-state index in [1.807, 2.05) is 12.1 Å². The van der Waals surface area contributed by atoms with E-state index in [0.29, 0.717) is 31.8 Å². The van der Waals surface area contributed by atoms with Gasteiger partial charge in [0.05, 0.1) is 27.3 Å². The van der Waals surface area contributed by atoms with E-state index in [9.17, 15) is 37.3 Å². The van der Waals surface area contributed by atoms with Crippen molar-refractivity contribution in [3.63, 3.8) is 0 Å². The summed E-state index contributed by atoms with van der Waals surface area (Å²) in [5.41, 5.74) is -2.31. The molecule has 0 bridgehead atoms. The number of hydrogen-bond donors (Lipinski definition) is 1. The first-order chi connectivity index (χ1) is 17.3.